The molecule has 3 rings (SSSR count). The van der Waals surface area contributed by atoms with Gasteiger partial charge in [0.15, 0.2) is 0 Å². The Morgan fingerprint density at radius 3 is 2.89 bits per heavy atom. The van der Waals surface area contributed by atoms with Crippen molar-refractivity contribution in [3.63, 3.8) is 0 Å². The molecule has 0 unspecified atom stereocenters. The van der Waals surface area contributed by atoms with E-state index in [1.165, 1.54) is 32.1 Å². The molecule has 1 fully saturated rings. The molecule has 0 bridgehead atoms. The van der Waals surface area contributed by atoms with Gasteiger partial charge in [0.2, 0.25) is 0 Å². The second-order valence-electron chi connectivity index (χ2n) is 5.49. The molecule has 1 aliphatic carbocycles. The molecular weight excluding hydrogens is 236 g/mol. The van der Waals surface area contributed by atoms with Crippen LogP contribution in [0, 0.1) is 5.92 Å². The second kappa shape index (κ2) is 5.47. The zero-order valence-electron chi connectivity index (χ0n) is 11.1. The first-order valence-corrected chi connectivity index (χ1v) is 7.18. The summed E-state index contributed by atoms with van der Waals surface area (Å²) in [6.07, 6.45) is 8.41. The maximum Gasteiger partial charge on any atom is 0.251 e. The van der Waals surface area contributed by atoms with Gasteiger partial charge >= 0.3 is 0 Å². The van der Waals surface area contributed by atoms with Gasteiger partial charge in [-0.1, -0.05) is 19.3 Å². The number of benzene rings is 1. The van der Waals surface area contributed by atoms with Crippen molar-refractivity contribution in [2.75, 3.05) is 6.54 Å². The lowest BCUT2D eigenvalue weighted by atomic mass is 9.89. The van der Waals surface area contributed by atoms with Gasteiger partial charge in [0, 0.05) is 29.2 Å². The summed E-state index contributed by atoms with van der Waals surface area (Å²) in [6, 6.07) is 7.79. The summed E-state index contributed by atoms with van der Waals surface area (Å²) in [5.41, 5.74) is 1.83. The van der Waals surface area contributed by atoms with Crippen LogP contribution in [-0.2, 0) is 0 Å². The number of rotatable bonds is 3. The van der Waals surface area contributed by atoms with Crippen LogP contribution in [0.25, 0.3) is 10.9 Å². The van der Waals surface area contributed by atoms with Crippen LogP contribution in [0.5, 0.6) is 0 Å². The van der Waals surface area contributed by atoms with E-state index in [0.717, 1.165) is 23.0 Å². The molecule has 19 heavy (non-hydrogen) atoms. The maximum absolute atomic E-state index is 12.1. The molecule has 3 nitrogen and oxygen atoms in total. The molecule has 0 radical (unpaired) electrons. The molecule has 1 saturated carbocycles. The van der Waals surface area contributed by atoms with Crippen molar-refractivity contribution < 1.29 is 4.79 Å². The largest absolute Gasteiger partial charge is 0.361 e. The van der Waals surface area contributed by atoms with Crippen LogP contribution in [0.1, 0.15) is 42.5 Å². The number of H-pyrrole nitrogens is 1. The van der Waals surface area contributed by atoms with Crippen LogP contribution in [0.3, 0.4) is 0 Å². The van der Waals surface area contributed by atoms with E-state index in [9.17, 15) is 4.79 Å². The van der Waals surface area contributed by atoms with Crippen LogP contribution in [0.2, 0.25) is 0 Å². The van der Waals surface area contributed by atoms with E-state index in [0.29, 0.717) is 5.92 Å². The number of nitrogens with one attached hydrogen (secondary N) is 2. The lowest BCUT2D eigenvalue weighted by Crippen LogP contribution is -2.30. The number of carbonyl (C=O) groups is 1. The molecule has 100 valence electrons. The highest BCUT2D eigenvalue weighted by Gasteiger charge is 2.15. The first kappa shape index (κ1) is 12.3. The molecule has 1 aliphatic rings. The van der Waals surface area contributed by atoms with E-state index in [-0.39, 0.29) is 5.91 Å². The highest BCUT2D eigenvalue weighted by Crippen LogP contribution is 2.23. The summed E-state index contributed by atoms with van der Waals surface area (Å²) in [6.45, 7) is 0.823. The summed E-state index contributed by atoms with van der Waals surface area (Å²) < 4.78 is 0. The molecule has 2 aromatic rings. The van der Waals surface area contributed by atoms with Crippen LogP contribution in [0.15, 0.2) is 30.5 Å². The molecule has 3 heteroatoms. The Labute approximate surface area is 113 Å². The predicted molar refractivity (Wildman–Crippen MR) is 77.2 cm³/mol. The fraction of sp³-hybridized carbons (Fsp3) is 0.438. The van der Waals surface area contributed by atoms with E-state index in [4.69, 9.17) is 0 Å². The predicted octanol–water partition coefficient (Wildman–Crippen LogP) is 3.48. The first-order chi connectivity index (χ1) is 9.33. The van der Waals surface area contributed by atoms with Crippen molar-refractivity contribution in [3.05, 3.63) is 36.0 Å². The Morgan fingerprint density at radius 2 is 2.05 bits per heavy atom. The number of amides is 1. The molecule has 0 aliphatic heterocycles. The van der Waals surface area contributed by atoms with Gasteiger partial charge in [-0.25, -0.2) is 0 Å². The Balaban J connectivity index is 1.62. The van der Waals surface area contributed by atoms with E-state index in [2.05, 4.69) is 10.3 Å². The van der Waals surface area contributed by atoms with Gasteiger partial charge in [-0.3, -0.25) is 4.79 Å². The van der Waals surface area contributed by atoms with Crippen LogP contribution in [-0.4, -0.2) is 17.4 Å². The average Bonchev–Trinajstić information content (AvgIpc) is 2.93. The summed E-state index contributed by atoms with van der Waals surface area (Å²) in [4.78, 5) is 15.3. The van der Waals surface area contributed by atoms with E-state index >= 15 is 0 Å². The summed E-state index contributed by atoms with van der Waals surface area (Å²) in [7, 11) is 0. The van der Waals surface area contributed by atoms with Gasteiger partial charge in [-0.2, -0.15) is 0 Å². The van der Waals surface area contributed by atoms with Gasteiger partial charge in [0.1, 0.15) is 0 Å². The fourth-order valence-corrected chi connectivity index (χ4v) is 2.92. The zero-order chi connectivity index (χ0) is 13.1. The van der Waals surface area contributed by atoms with Crippen LogP contribution >= 0.6 is 0 Å². The zero-order valence-corrected chi connectivity index (χ0v) is 11.1. The van der Waals surface area contributed by atoms with E-state index in [1.807, 2.05) is 30.5 Å². The molecule has 1 heterocycles. The monoisotopic (exact) mass is 256 g/mol. The Morgan fingerprint density at radius 1 is 1.21 bits per heavy atom. The summed E-state index contributed by atoms with van der Waals surface area (Å²) in [5.74, 6) is 0.724. The van der Waals surface area contributed by atoms with Gasteiger partial charge < -0.3 is 10.3 Å². The molecule has 1 amide bonds. The van der Waals surface area contributed by atoms with Gasteiger partial charge in [-0.05, 0) is 43.0 Å². The lowest BCUT2D eigenvalue weighted by Gasteiger charge is -2.21. The number of aromatic amines is 1. The number of aromatic nitrogens is 1. The highest BCUT2D eigenvalue weighted by molar-refractivity contribution is 5.98. The Hall–Kier alpha value is -1.77. The lowest BCUT2D eigenvalue weighted by molar-refractivity contribution is 0.0943. The maximum atomic E-state index is 12.1. The number of carbonyl (C=O) groups excluding carboxylic acids is 1. The van der Waals surface area contributed by atoms with E-state index < -0.39 is 0 Å². The standard InChI is InChI=1S/C16H20N2O/c19-16(18-11-12-4-2-1-3-5-12)14-6-7-15-13(10-14)8-9-17-15/h6-10,12,17H,1-5,11H2,(H,18,19). The average molecular weight is 256 g/mol. The van der Waals surface area contributed by atoms with Crippen molar-refractivity contribution in [2.24, 2.45) is 5.92 Å². The molecule has 0 spiro atoms. The van der Waals surface area contributed by atoms with E-state index in [1.54, 1.807) is 0 Å². The summed E-state index contributed by atoms with van der Waals surface area (Å²) in [5, 5.41) is 4.16. The third-order valence-corrected chi connectivity index (χ3v) is 4.09. The minimum absolute atomic E-state index is 0.0497. The van der Waals surface area contributed by atoms with Crippen molar-refractivity contribution in [1.82, 2.24) is 10.3 Å². The number of hydrogen-bond donors (Lipinski definition) is 2. The molecule has 0 atom stereocenters. The second-order valence-corrected chi connectivity index (χ2v) is 5.49. The SMILES string of the molecule is O=C(NCC1CCCCC1)c1ccc2[nH]ccc2c1. The highest BCUT2D eigenvalue weighted by atomic mass is 16.1. The van der Waals surface area contributed by atoms with Crippen molar-refractivity contribution in [1.29, 1.82) is 0 Å². The first-order valence-electron chi connectivity index (χ1n) is 7.18. The van der Waals surface area contributed by atoms with Crippen LogP contribution in [0.4, 0.5) is 0 Å². The minimum atomic E-state index is 0.0497. The van der Waals surface area contributed by atoms with Gasteiger partial charge in [-0.15, -0.1) is 0 Å². The Kier molecular flexibility index (Phi) is 3.53. The number of fused-ring (bicyclic) bond motifs is 1. The van der Waals surface area contributed by atoms with Crippen LogP contribution < -0.4 is 5.32 Å². The fourth-order valence-electron chi connectivity index (χ4n) is 2.92. The molecule has 1 aromatic heterocycles. The molecule has 0 saturated heterocycles. The van der Waals surface area contributed by atoms with Crippen molar-refractivity contribution in [3.8, 4) is 0 Å². The minimum Gasteiger partial charge on any atom is -0.361 e. The molecular formula is C16H20N2O. The van der Waals surface area contributed by atoms with Crippen molar-refractivity contribution in [2.45, 2.75) is 32.1 Å². The third kappa shape index (κ3) is 2.80. The van der Waals surface area contributed by atoms with Crippen molar-refractivity contribution >= 4 is 16.8 Å². The number of hydrogen-bond acceptors (Lipinski definition) is 1. The normalized spacial score (nSPS) is 16.6. The van der Waals surface area contributed by atoms with Gasteiger partial charge in [0.25, 0.3) is 5.91 Å². The quantitative estimate of drug-likeness (QED) is 0.867. The smallest absolute Gasteiger partial charge is 0.251 e. The summed E-state index contributed by atoms with van der Waals surface area (Å²) >= 11 is 0. The Bertz CT molecular complexity index is 567. The molecule has 1 aromatic carbocycles. The van der Waals surface area contributed by atoms with Gasteiger partial charge in [0.05, 0.1) is 0 Å². The molecule has 2 N–H and O–H groups in total. The topological polar surface area (TPSA) is 44.9 Å². The third-order valence-electron chi connectivity index (χ3n) is 4.09.